The van der Waals surface area contributed by atoms with Gasteiger partial charge in [0.05, 0.1) is 0 Å². The molecule has 0 amide bonds. The van der Waals surface area contributed by atoms with Crippen molar-refractivity contribution in [1.82, 2.24) is 9.97 Å². The number of anilines is 1. The van der Waals surface area contributed by atoms with E-state index in [1.165, 1.54) is 12.5 Å². The van der Waals surface area contributed by atoms with E-state index >= 15 is 0 Å². The van der Waals surface area contributed by atoms with Crippen LogP contribution in [0, 0.1) is 5.92 Å². The molecule has 112 valence electrons. The highest BCUT2D eigenvalue weighted by atomic mass is 35.5. The maximum Gasteiger partial charge on any atom is 0.451 e. The van der Waals surface area contributed by atoms with E-state index in [1.807, 2.05) is 4.90 Å². The van der Waals surface area contributed by atoms with Crippen molar-refractivity contribution in [2.75, 3.05) is 18.0 Å². The largest absolute Gasteiger partial charge is 0.451 e. The number of hydrogen-bond acceptors (Lipinski definition) is 3. The summed E-state index contributed by atoms with van der Waals surface area (Å²) in [6.07, 6.45) is -0.289. The van der Waals surface area contributed by atoms with Crippen LogP contribution in [0.3, 0.4) is 0 Å². The van der Waals surface area contributed by atoms with Gasteiger partial charge in [-0.15, -0.1) is 0 Å². The van der Waals surface area contributed by atoms with Crippen LogP contribution in [0.5, 0.6) is 0 Å². The van der Waals surface area contributed by atoms with E-state index < -0.39 is 12.0 Å². The number of rotatable bonds is 3. The zero-order chi connectivity index (χ0) is 14.8. The lowest BCUT2D eigenvalue weighted by Crippen LogP contribution is -2.34. The maximum absolute atomic E-state index is 12.7. The highest BCUT2D eigenvalue weighted by Gasteiger charge is 2.36. The van der Waals surface area contributed by atoms with Crippen LogP contribution in [-0.4, -0.2) is 23.1 Å². The lowest BCUT2D eigenvalue weighted by molar-refractivity contribution is -0.144. The normalized spacial score (nSPS) is 17.6. The first-order chi connectivity index (χ1) is 9.40. The van der Waals surface area contributed by atoms with Gasteiger partial charge < -0.3 is 4.90 Å². The summed E-state index contributed by atoms with van der Waals surface area (Å²) in [6, 6.07) is 1.40. The molecule has 0 unspecified atom stereocenters. The highest BCUT2D eigenvalue weighted by molar-refractivity contribution is 6.29. The molecule has 3 nitrogen and oxygen atoms in total. The van der Waals surface area contributed by atoms with Gasteiger partial charge in [-0.25, -0.2) is 9.97 Å². The van der Waals surface area contributed by atoms with Crippen molar-refractivity contribution in [2.45, 2.75) is 38.8 Å². The second kappa shape index (κ2) is 6.16. The first kappa shape index (κ1) is 15.4. The van der Waals surface area contributed by atoms with Gasteiger partial charge in [-0.05, 0) is 18.8 Å². The third kappa shape index (κ3) is 3.75. The minimum atomic E-state index is -4.57. The first-order valence-corrected chi connectivity index (χ1v) is 7.14. The quantitative estimate of drug-likeness (QED) is 0.785. The molecule has 2 rings (SSSR count). The van der Waals surface area contributed by atoms with Crippen LogP contribution in [-0.2, 0) is 6.18 Å². The van der Waals surface area contributed by atoms with E-state index in [2.05, 4.69) is 16.9 Å². The van der Waals surface area contributed by atoms with E-state index in [9.17, 15) is 13.2 Å². The monoisotopic (exact) mass is 307 g/mol. The average molecular weight is 308 g/mol. The van der Waals surface area contributed by atoms with Gasteiger partial charge in [-0.1, -0.05) is 31.4 Å². The number of piperidine rings is 1. The van der Waals surface area contributed by atoms with Gasteiger partial charge in [-0.2, -0.15) is 13.2 Å². The fraction of sp³-hybridized carbons (Fsp3) is 0.692. The molecule has 1 aromatic rings. The summed E-state index contributed by atoms with van der Waals surface area (Å²) in [7, 11) is 0. The van der Waals surface area contributed by atoms with Crippen LogP contribution in [0.2, 0.25) is 5.15 Å². The second-order valence-corrected chi connectivity index (χ2v) is 5.48. The van der Waals surface area contributed by atoms with E-state index in [-0.39, 0.29) is 11.0 Å². The molecule has 7 heteroatoms. The summed E-state index contributed by atoms with van der Waals surface area (Å²) in [5.74, 6) is -0.237. The minimum Gasteiger partial charge on any atom is -0.356 e. The number of halogens is 4. The molecular formula is C13H17ClF3N3. The van der Waals surface area contributed by atoms with Crippen molar-refractivity contribution in [3.05, 3.63) is 17.0 Å². The van der Waals surface area contributed by atoms with E-state index in [0.29, 0.717) is 5.92 Å². The summed E-state index contributed by atoms with van der Waals surface area (Å²) in [5.41, 5.74) is 0. The second-order valence-electron chi connectivity index (χ2n) is 5.09. The molecule has 1 aliphatic rings. The average Bonchev–Trinajstić information content (AvgIpc) is 2.38. The Bertz CT molecular complexity index is 457. The van der Waals surface area contributed by atoms with Gasteiger partial charge in [0.2, 0.25) is 5.82 Å². The first-order valence-electron chi connectivity index (χ1n) is 6.77. The Hall–Kier alpha value is -1.04. The Balaban J connectivity index is 2.12. The Labute approximate surface area is 121 Å². The molecule has 0 saturated carbocycles. The van der Waals surface area contributed by atoms with Crippen LogP contribution in [0.4, 0.5) is 19.0 Å². The van der Waals surface area contributed by atoms with Crippen molar-refractivity contribution >= 4 is 17.4 Å². The van der Waals surface area contributed by atoms with E-state index in [4.69, 9.17) is 11.6 Å². The third-order valence-corrected chi connectivity index (χ3v) is 3.76. The van der Waals surface area contributed by atoms with Gasteiger partial charge in [0.25, 0.3) is 0 Å². The van der Waals surface area contributed by atoms with Crippen molar-refractivity contribution in [1.29, 1.82) is 0 Å². The predicted octanol–water partition coefficient (Wildman–Crippen LogP) is 4.17. The predicted molar refractivity (Wildman–Crippen MR) is 71.9 cm³/mol. The fourth-order valence-electron chi connectivity index (χ4n) is 2.55. The summed E-state index contributed by atoms with van der Waals surface area (Å²) < 4.78 is 38.0. The van der Waals surface area contributed by atoms with Crippen LogP contribution < -0.4 is 4.90 Å². The lowest BCUT2D eigenvalue weighted by Gasteiger charge is -2.32. The maximum atomic E-state index is 12.7. The van der Waals surface area contributed by atoms with Crippen molar-refractivity contribution in [3.63, 3.8) is 0 Å². The van der Waals surface area contributed by atoms with Gasteiger partial charge in [0.15, 0.2) is 0 Å². The molecule has 20 heavy (non-hydrogen) atoms. The lowest BCUT2D eigenvalue weighted by atomic mass is 9.92. The molecule has 1 aromatic heterocycles. The summed E-state index contributed by atoms with van der Waals surface area (Å²) >= 11 is 5.68. The SMILES string of the molecule is CCCC1CCN(c2cc(Cl)nc(C(F)(F)F)n2)CC1. The van der Waals surface area contributed by atoms with Crippen LogP contribution in [0.15, 0.2) is 6.07 Å². The fourth-order valence-corrected chi connectivity index (χ4v) is 2.73. The molecule has 0 bridgehead atoms. The Morgan fingerprint density at radius 1 is 1.30 bits per heavy atom. The zero-order valence-electron chi connectivity index (χ0n) is 11.3. The van der Waals surface area contributed by atoms with Crippen LogP contribution in [0.25, 0.3) is 0 Å². The molecule has 2 heterocycles. The zero-order valence-corrected chi connectivity index (χ0v) is 12.0. The molecule has 1 aliphatic heterocycles. The Morgan fingerprint density at radius 3 is 2.50 bits per heavy atom. The molecule has 0 N–H and O–H groups in total. The van der Waals surface area contributed by atoms with Gasteiger partial charge in [0, 0.05) is 19.2 Å². The summed E-state index contributed by atoms with van der Waals surface area (Å²) in [4.78, 5) is 8.71. The molecule has 1 fully saturated rings. The van der Waals surface area contributed by atoms with Gasteiger partial charge in [-0.3, -0.25) is 0 Å². The smallest absolute Gasteiger partial charge is 0.356 e. The Kier molecular flexibility index (Phi) is 4.73. The number of alkyl halides is 3. The number of hydrogen-bond donors (Lipinski definition) is 0. The Morgan fingerprint density at radius 2 is 1.95 bits per heavy atom. The van der Waals surface area contributed by atoms with Crippen LogP contribution >= 0.6 is 11.6 Å². The standard InChI is InChI=1S/C13H17ClF3N3/c1-2-3-9-4-6-20(7-5-9)11-8-10(14)18-12(19-11)13(15,16)17/h8-9H,2-7H2,1H3. The topological polar surface area (TPSA) is 29.0 Å². The minimum absolute atomic E-state index is 0.169. The molecular weight excluding hydrogens is 291 g/mol. The summed E-state index contributed by atoms with van der Waals surface area (Å²) in [5, 5.41) is -0.169. The van der Waals surface area contributed by atoms with Crippen molar-refractivity contribution in [3.8, 4) is 0 Å². The molecule has 0 atom stereocenters. The number of nitrogens with zero attached hydrogens (tertiary/aromatic N) is 3. The van der Waals surface area contributed by atoms with E-state index in [0.717, 1.165) is 32.4 Å². The van der Waals surface area contributed by atoms with Crippen LogP contribution in [0.1, 0.15) is 38.4 Å². The van der Waals surface area contributed by atoms with E-state index in [1.54, 1.807) is 0 Å². The molecule has 1 saturated heterocycles. The third-order valence-electron chi connectivity index (χ3n) is 3.57. The molecule has 0 aromatic carbocycles. The molecule has 0 radical (unpaired) electrons. The molecule has 0 spiro atoms. The highest BCUT2D eigenvalue weighted by Crippen LogP contribution is 2.31. The molecule has 0 aliphatic carbocycles. The summed E-state index contributed by atoms with van der Waals surface area (Å²) in [6.45, 7) is 3.58. The van der Waals surface area contributed by atoms with Crippen molar-refractivity contribution in [2.24, 2.45) is 5.92 Å². The van der Waals surface area contributed by atoms with Crippen molar-refractivity contribution < 1.29 is 13.2 Å². The van der Waals surface area contributed by atoms with Gasteiger partial charge >= 0.3 is 6.18 Å². The number of aromatic nitrogens is 2. The van der Waals surface area contributed by atoms with Gasteiger partial charge in [0.1, 0.15) is 11.0 Å².